The second-order valence-corrected chi connectivity index (χ2v) is 4.67. The van der Waals surface area contributed by atoms with Gasteiger partial charge in [0.1, 0.15) is 0 Å². The van der Waals surface area contributed by atoms with Gasteiger partial charge in [-0.05, 0) is 41.1 Å². The van der Waals surface area contributed by atoms with Gasteiger partial charge in [0.2, 0.25) is 0 Å². The van der Waals surface area contributed by atoms with Crippen LogP contribution in [0.2, 0.25) is 0 Å². The van der Waals surface area contributed by atoms with E-state index in [4.69, 9.17) is 5.73 Å². The lowest BCUT2D eigenvalue weighted by molar-refractivity contribution is 0.719. The van der Waals surface area contributed by atoms with E-state index in [1.54, 1.807) is 0 Å². The highest BCUT2D eigenvalue weighted by Crippen LogP contribution is 2.20. The number of aryl methyl sites for hydroxylation is 2. The molecule has 96 valence electrons. The molecule has 3 heteroatoms. The normalized spacial score (nSPS) is 11.0. The maximum Gasteiger partial charge on any atom is 0.0525 e. The first kappa shape index (κ1) is 11.9. The number of nitrogens with zero attached hydrogens (tertiary/aromatic N) is 2. The standard InChI is InChI=1S/C16H17N3/c17-12-15-3-1-2-14-7-11-19(16(14)15)10-6-13-4-8-18-9-5-13/h1-5,7-9,11H,6,10,12,17H2. The zero-order chi connectivity index (χ0) is 13.1. The lowest BCUT2D eigenvalue weighted by Crippen LogP contribution is -2.04. The largest absolute Gasteiger partial charge is 0.347 e. The summed E-state index contributed by atoms with van der Waals surface area (Å²) >= 11 is 0. The van der Waals surface area contributed by atoms with Gasteiger partial charge in [0, 0.05) is 31.7 Å². The summed E-state index contributed by atoms with van der Waals surface area (Å²) in [5, 5.41) is 1.26. The SMILES string of the molecule is NCc1cccc2ccn(CCc3ccncc3)c12. The third-order valence-corrected chi connectivity index (χ3v) is 3.48. The average Bonchev–Trinajstić information content (AvgIpc) is 2.89. The molecule has 2 N–H and O–H groups in total. The number of nitrogens with two attached hydrogens (primary N) is 1. The van der Waals surface area contributed by atoms with Crippen LogP contribution in [0.3, 0.4) is 0 Å². The molecule has 0 saturated heterocycles. The van der Waals surface area contributed by atoms with E-state index >= 15 is 0 Å². The van der Waals surface area contributed by atoms with Gasteiger partial charge in [0.05, 0.1) is 5.52 Å². The molecule has 19 heavy (non-hydrogen) atoms. The molecule has 0 spiro atoms. The average molecular weight is 251 g/mol. The smallest absolute Gasteiger partial charge is 0.0525 e. The van der Waals surface area contributed by atoms with Crippen molar-refractivity contribution in [2.45, 2.75) is 19.5 Å². The van der Waals surface area contributed by atoms with E-state index in [1.165, 1.54) is 22.0 Å². The Kier molecular flexibility index (Phi) is 3.29. The van der Waals surface area contributed by atoms with Gasteiger partial charge in [-0.15, -0.1) is 0 Å². The Balaban J connectivity index is 1.89. The van der Waals surface area contributed by atoms with Crippen LogP contribution in [0.4, 0.5) is 0 Å². The van der Waals surface area contributed by atoms with Crippen molar-refractivity contribution in [3.05, 3.63) is 66.1 Å². The van der Waals surface area contributed by atoms with E-state index in [-0.39, 0.29) is 0 Å². The molecule has 0 bridgehead atoms. The molecule has 0 radical (unpaired) electrons. The summed E-state index contributed by atoms with van der Waals surface area (Å²) in [6, 6.07) is 12.6. The van der Waals surface area contributed by atoms with Crippen molar-refractivity contribution in [3.63, 3.8) is 0 Å². The molecule has 0 fully saturated rings. The number of aromatic nitrogens is 2. The van der Waals surface area contributed by atoms with E-state index in [0.29, 0.717) is 6.54 Å². The number of pyridine rings is 1. The van der Waals surface area contributed by atoms with E-state index in [1.807, 2.05) is 12.4 Å². The van der Waals surface area contributed by atoms with Crippen LogP contribution >= 0.6 is 0 Å². The molecule has 0 unspecified atom stereocenters. The molecular weight excluding hydrogens is 234 g/mol. The second kappa shape index (κ2) is 5.24. The number of rotatable bonds is 4. The third kappa shape index (κ3) is 2.37. The van der Waals surface area contributed by atoms with Crippen molar-refractivity contribution in [1.29, 1.82) is 0 Å². The van der Waals surface area contributed by atoms with Crippen molar-refractivity contribution in [1.82, 2.24) is 9.55 Å². The quantitative estimate of drug-likeness (QED) is 0.775. The molecule has 2 heterocycles. The lowest BCUT2D eigenvalue weighted by Gasteiger charge is -2.08. The second-order valence-electron chi connectivity index (χ2n) is 4.67. The summed E-state index contributed by atoms with van der Waals surface area (Å²) in [5.41, 5.74) is 9.61. The van der Waals surface area contributed by atoms with Gasteiger partial charge in [0.25, 0.3) is 0 Å². The predicted molar refractivity (Wildman–Crippen MR) is 77.8 cm³/mol. The molecular formula is C16H17N3. The van der Waals surface area contributed by atoms with Crippen molar-refractivity contribution in [2.75, 3.05) is 0 Å². The Hall–Kier alpha value is -2.13. The van der Waals surface area contributed by atoms with Gasteiger partial charge in [-0.1, -0.05) is 18.2 Å². The molecule has 2 aromatic heterocycles. The summed E-state index contributed by atoms with van der Waals surface area (Å²) in [6.07, 6.45) is 6.83. The van der Waals surface area contributed by atoms with E-state index in [0.717, 1.165) is 13.0 Å². The third-order valence-electron chi connectivity index (χ3n) is 3.48. The minimum atomic E-state index is 0.580. The zero-order valence-corrected chi connectivity index (χ0v) is 10.8. The van der Waals surface area contributed by atoms with Crippen LogP contribution in [-0.4, -0.2) is 9.55 Å². The Labute approximate surface area is 112 Å². The maximum absolute atomic E-state index is 5.83. The van der Waals surface area contributed by atoms with E-state index < -0.39 is 0 Å². The topological polar surface area (TPSA) is 43.8 Å². The highest BCUT2D eigenvalue weighted by Gasteiger charge is 2.05. The minimum Gasteiger partial charge on any atom is -0.347 e. The Morgan fingerprint density at radius 2 is 1.89 bits per heavy atom. The van der Waals surface area contributed by atoms with Crippen LogP contribution in [0.1, 0.15) is 11.1 Å². The summed E-state index contributed by atoms with van der Waals surface area (Å²) < 4.78 is 2.29. The van der Waals surface area contributed by atoms with Gasteiger partial charge in [0.15, 0.2) is 0 Å². The number of para-hydroxylation sites is 1. The molecule has 0 aliphatic carbocycles. The van der Waals surface area contributed by atoms with Crippen molar-refractivity contribution < 1.29 is 0 Å². The van der Waals surface area contributed by atoms with E-state index in [9.17, 15) is 0 Å². The van der Waals surface area contributed by atoms with Crippen molar-refractivity contribution in [3.8, 4) is 0 Å². The first-order chi connectivity index (χ1) is 9.38. The zero-order valence-electron chi connectivity index (χ0n) is 10.8. The monoisotopic (exact) mass is 251 g/mol. The Bertz CT molecular complexity index is 671. The first-order valence-electron chi connectivity index (χ1n) is 6.54. The van der Waals surface area contributed by atoms with Gasteiger partial charge >= 0.3 is 0 Å². The van der Waals surface area contributed by atoms with Crippen LogP contribution < -0.4 is 5.73 Å². The highest BCUT2D eigenvalue weighted by molar-refractivity contribution is 5.83. The van der Waals surface area contributed by atoms with Crippen molar-refractivity contribution in [2.24, 2.45) is 5.73 Å². The van der Waals surface area contributed by atoms with Crippen LogP contribution in [-0.2, 0) is 19.5 Å². The maximum atomic E-state index is 5.83. The number of hydrogen-bond acceptors (Lipinski definition) is 2. The summed E-state index contributed by atoms with van der Waals surface area (Å²) in [4.78, 5) is 4.04. The summed E-state index contributed by atoms with van der Waals surface area (Å²) in [6.45, 7) is 1.54. The Morgan fingerprint density at radius 1 is 1.05 bits per heavy atom. The first-order valence-corrected chi connectivity index (χ1v) is 6.54. The molecule has 0 atom stereocenters. The molecule has 3 aromatic rings. The van der Waals surface area contributed by atoms with Crippen LogP contribution in [0, 0.1) is 0 Å². The fourth-order valence-electron chi connectivity index (χ4n) is 2.49. The fraction of sp³-hybridized carbons (Fsp3) is 0.188. The van der Waals surface area contributed by atoms with Crippen LogP contribution in [0.5, 0.6) is 0 Å². The highest BCUT2D eigenvalue weighted by atomic mass is 15.0. The molecule has 0 saturated carbocycles. The molecule has 0 aliphatic heterocycles. The van der Waals surface area contributed by atoms with E-state index in [2.05, 4.69) is 52.1 Å². The fourth-order valence-corrected chi connectivity index (χ4v) is 2.49. The molecule has 0 aliphatic rings. The van der Waals surface area contributed by atoms with Gasteiger partial charge < -0.3 is 10.3 Å². The number of fused-ring (bicyclic) bond motifs is 1. The number of benzene rings is 1. The predicted octanol–water partition coefficient (Wildman–Crippen LogP) is 2.74. The molecule has 3 rings (SSSR count). The van der Waals surface area contributed by atoms with Crippen LogP contribution in [0.25, 0.3) is 10.9 Å². The van der Waals surface area contributed by atoms with Crippen molar-refractivity contribution >= 4 is 10.9 Å². The Morgan fingerprint density at radius 3 is 2.68 bits per heavy atom. The van der Waals surface area contributed by atoms with Gasteiger partial charge in [-0.25, -0.2) is 0 Å². The molecule has 0 amide bonds. The number of hydrogen-bond donors (Lipinski definition) is 1. The van der Waals surface area contributed by atoms with Gasteiger partial charge in [-0.3, -0.25) is 4.98 Å². The summed E-state index contributed by atoms with van der Waals surface area (Å²) in [7, 11) is 0. The molecule has 3 nitrogen and oxygen atoms in total. The van der Waals surface area contributed by atoms with Crippen LogP contribution in [0.15, 0.2) is 55.0 Å². The summed E-state index contributed by atoms with van der Waals surface area (Å²) in [5.74, 6) is 0. The van der Waals surface area contributed by atoms with Gasteiger partial charge in [-0.2, -0.15) is 0 Å². The molecule has 1 aromatic carbocycles. The lowest BCUT2D eigenvalue weighted by atomic mass is 10.1. The minimum absolute atomic E-state index is 0.580.